The number of nitro benzene ring substituents is 1. The molecule has 1 saturated heterocycles. The highest BCUT2D eigenvalue weighted by atomic mass is 35.5. The van der Waals surface area contributed by atoms with Crippen LogP contribution in [0.5, 0.6) is 0 Å². The molecule has 0 spiro atoms. The highest BCUT2D eigenvalue weighted by molar-refractivity contribution is 6.30. The van der Waals surface area contributed by atoms with Crippen molar-refractivity contribution >= 4 is 34.9 Å². The monoisotopic (exact) mass is 483 g/mol. The lowest BCUT2D eigenvalue weighted by molar-refractivity contribution is -0.385. The molecule has 8 nitrogen and oxygen atoms in total. The number of halogens is 1. The first-order valence-corrected chi connectivity index (χ1v) is 11.8. The lowest BCUT2D eigenvalue weighted by atomic mass is 9.84. The smallest absolute Gasteiger partial charge is 0.274 e. The first-order chi connectivity index (χ1) is 16.3. The number of nitro groups is 1. The van der Waals surface area contributed by atoms with Crippen LogP contribution in [0.2, 0.25) is 5.02 Å². The molecule has 1 unspecified atom stereocenters. The quantitative estimate of drug-likeness (QED) is 0.271. The number of benzene rings is 2. The van der Waals surface area contributed by atoms with Gasteiger partial charge in [-0.25, -0.2) is 0 Å². The van der Waals surface area contributed by atoms with Gasteiger partial charge in [0, 0.05) is 34.7 Å². The average Bonchev–Trinajstić information content (AvgIpc) is 3.17. The van der Waals surface area contributed by atoms with Gasteiger partial charge in [-0.15, -0.1) is 0 Å². The second kappa shape index (κ2) is 9.93. The molecule has 2 aliphatic rings. The van der Waals surface area contributed by atoms with Gasteiger partial charge in [-0.05, 0) is 43.5 Å². The van der Waals surface area contributed by atoms with E-state index in [0.29, 0.717) is 5.02 Å². The molecule has 0 radical (unpaired) electrons. The van der Waals surface area contributed by atoms with Gasteiger partial charge in [0.1, 0.15) is 0 Å². The van der Waals surface area contributed by atoms with Crippen LogP contribution in [0.3, 0.4) is 0 Å². The Bertz CT molecular complexity index is 1110. The van der Waals surface area contributed by atoms with Crippen molar-refractivity contribution in [2.75, 3.05) is 0 Å². The van der Waals surface area contributed by atoms with E-state index in [2.05, 4.69) is 5.32 Å². The number of nitrogens with one attached hydrogen (secondary N) is 1. The molecule has 1 atom stereocenters. The standard InChI is InChI=1S/C25H26ClN3O5/c26-19-12-10-17(11-13-19)23(31)25(24(32)27-20-7-2-1-3-8-20)15-14-22(30)28(25)16-18-6-4-5-9-21(18)29(33)34/h4-6,9-13,20H,1-3,7-8,14-16H2,(H,27,32). The molecule has 2 aromatic carbocycles. The third-order valence-electron chi connectivity index (χ3n) is 6.78. The maximum atomic E-state index is 13.9. The topological polar surface area (TPSA) is 110 Å². The molecule has 1 saturated carbocycles. The number of nitrogens with zero attached hydrogens (tertiary/aromatic N) is 2. The Morgan fingerprint density at radius 3 is 2.44 bits per heavy atom. The molecule has 2 fully saturated rings. The van der Waals surface area contributed by atoms with E-state index in [9.17, 15) is 24.5 Å². The van der Waals surface area contributed by atoms with Gasteiger partial charge in [0.05, 0.1) is 11.5 Å². The van der Waals surface area contributed by atoms with Gasteiger partial charge in [0.25, 0.3) is 11.6 Å². The van der Waals surface area contributed by atoms with Crippen LogP contribution >= 0.6 is 11.6 Å². The van der Waals surface area contributed by atoms with Crippen molar-refractivity contribution < 1.29 is 19.3 Å². The van der Waals surface area contributed by atoms with Crippen LogP contribution in [0.1, 0.15) is 60.9 Å². The molecule has 2 amide bonds. The van der Waals surface area contributed by atoms with Crippen molar-refractivity contribution in [3.8, 4) is 0 Å². The fourth-order valence-corrected chi connectivity index (χ4v) is 5.08. The normalized spacial score (nSPS) is 20.9. The number of amides is 2. The molecule has 0 bridgehead atoms. The van der Waals surface area contributed by atoms with Gasteiger partial charge < -0.3 is 10.2 Å². The van der Waals surface area contributed by atoms with Crippen molar-refractivity contribution in [3.63, 3.8) is 0 Å². The minimum atomic E-state index is -1.79. The Hall–Kier alpha value is -3.26. The van der Waals surface area contributed by atoms with Gasteiger partial charge in [-0.2, -0.15) is 0 Å². The van der Waals surface area contributed by atoms with Crippen LogP contribution in [-0.4, -0.2) is 39.0 Å². The molecule has 2 aromatic rings. The van der Waals surface area contributed by atoms with E-state index >= 15 is 0 Å². The summed E-state index contributed by atoms with van der Waals surface area (Å²) in [6.07, 6.45) is 4.71. The zero-order valence-corrected chi connectivity index (χ0v) is 19.4. The van der Waals surface area contributed by atoms with Crippen molar-refractivity contribution in [1.82, 2.24) is 10.2 Å². The Kier molecular flexibility index (Phi) is 6.97. The summed E-state index contributed by atoms with van der Waals surface area (Å²) in [6, 6.07) is 12.2. The Balaban J connectivity index is 1.76. The molecular formula is C25H26ClN3O5. The lowest BCUT2D eigenvalue weighted by Gasteiger charge is -2.37. The Labute approximate surface area is 202 Å². The molecule has 34 heavy (non-hydrogen) atoms. The number of hydrogen-bond acceptors (Lipinski definition) is 5. The van der Waals surface area contributed by atoms with Gasteiger partial charge in [0.15, 0.2) is 11.3 Å². The van der Waals surface area contributed by atoms with Crippen molar-refractivity contribution in [2.45, 2.75) is 63.1 Å². The maximum absolute atomic E-state index is 13.9. The first-order valence-electron chi connectivity index (χ1n) is 11.5. The maximum Gasteiger partial charge on any atom is 0.274 e. The molecule has 9 heteroatoms. The summed E-state index contributed by atoms with van der Waals surface area (Å²) in [6.45, 7) is -0.215. The minimum Gasteiger partial charge on any atom is -0.351 e. The summed E-state index contributed by atoms with van der Waals surface area (Å²) in [5.74, 6) is -1.43. The third-order valence-corrected chi connectivity index (χ3v) is 7.03. The second-order valence-electron chi connectivity index (χ2n) is 8.87. The predicted molar refractivity (Wildman–Crippen MR) is 126 cm³/mol. The van der Waals surface area contributed by atoms with E-state index in [1.165, 1.54) is 29.2 Å². The molecule has 1 aliphatic carbocycles. The highest BCUT2D eigenvalue weighted by Gasteiger charge is 2.57. The zero-order chi connectivity index (χ0) is 24.3. The van der Waals surface area contributed by atoms with E-state index in [1.54, 1.807) is 24.3 Å². The van der Waals surface area contributed by atoms with E-state index < -0.39 is 22.2 Å². The molecule has 1 N–H and O–H groups in total. The number of para-hydroxylation sites is 1. The summed E-state index contributed by atoms with van der Waals surface area (Å²) in [5.41, 5.74) is -1.43. The molecule has 1 aliphatic heterocycles. The van der Waals surface area contributed by atoms with Crippen molar-refractivity contribution in [1.29, 1.82) is 0 Å². The van der Waals surface area contributed by atoms with Crippen LogP contribution in [-0.2, 0) is 16.1 Å². The number of Topliss-reactive ketones (excluding diaryl/α,β-unsaturated/α-hetero) is 1. The Morgan fingerprint density at radius 1 is 1.09 bits per heavy atom. The number of carbonyl (C=O) groups is 3. The summed E-state index contributed by atoms with van der Waals surface area (Å²) >= 11 is 5.99. The molecule has 178 valence electrons. The minimum absolute atomic E-state index is 0.00194. The number of likely N-dealkylation sites (tertiary alicyclic amines) is 1. The van der Waals surface area contributed by atoms with E-state index in [0.717, 1.165) is 32.1 Å². The molecule has 4 rings (SSSR count). The molecule has 1 heterocycles. The summed E-state index contributed by atoms with van der Waals surface area (Å²) < 4.78 is 0. The van der Waals surface area contributed by atoms with E-state index in [4.69, 9.17) is 11.6 Å². The van der Waals surface area contributed by atoms with Gasteiger partial charge in [-0.3, -0.25) is 24.5 Å². The summed E-state index contributed by atoms with van der Waals surface area (Å²) in [4.78, 5) is 53.0. The van der Waals surface area contributed by atoms with Crippen LogP contribution in [0.25, 0.3) is 0 Å². The third kappa shape index (κ3) is 4.55. The largest absolute Gasteiger partial charge is 0.351 e. The van der Waals surface area contributed by atoms with Gasteiger partial charge in [0.2, 0.25) is 5.91 Å². The van der Waals surface area contributed by atoms with Crippen molar-refractivity contribution in [3.05, 3.63) is 74.8 Å². The number of rotatable bonds is 7. The van der Waals surface area contributed by atoms with Crippen LogP contribution < -0.4 is 5.32 Å². The lowest BCUT2D eigenvalue weighted by Crippen LogP contribution is -2.62. The van der Waals surface area contributed by atoms with Gasteiger partial charge >= 0.3 is 0 Å². The molecule has 0 aromatic heterocycles. The van der Waals surface area contributed by atoms with Crippen molar-refractivity contribution in [2.24, 2.45) is 0 Å². The summed E-state index contributed by atoms with van der Waals surface area (Å²) in [5, 5.41) is 15.0. The fraction of sp³-hybridized carbons (Fsp3) is 0.400. The van der Waals surface area contributed by atoms with E-state index in [1.807, 2.05) is 0 Å². The number of carbonyl (C=O) groups excluding carboxylic acids is 3. The SMILES string of the molecule is O=C1CCC(C(=O)NC2CCCCC2)(C(=O)c2ccc(Cl)cc2)N1Cc1ccccc1[N+](=O)[O-]. The van der Waals surface area contributed by atoms with Crippen LogP contribution in [0, 0.1) is 10.1 Å². The average molecular weight is 484 g/mol. The zero-order valence-electron chi connectivity index (χ0n) is 18.7. The second-order valence-corrected chi connectivity index (χ2v) is 9.31. The van der Waals surface area contributed by atoms with Crippen LogP contribution in [0.15, 0.2) is 48.5 Å². The van der Waals surface area contributed by atoms with Gasteiger partial charge in [-0.1, -0.05) is 49.1 Å². The highest BCUT2D eigenvalue weighted by Crippen LogP contribution is 2.37. The Morgan fingerprint density at radius 2 is 1.76 bits per heavy atom. The summed E-state index contributed by atoms with van der Waals surface area (Å²) in [7, 11) is 0. The predicted octanol–water partition coefficient (Wildman–Crippen LogP) is 4.44. The van der Waals surface area contributed by atoms with Crippen LogP contribution in [0.4, 0.5) is 5.69 Å². The van der Waals surface area contributed by atoms with E-state index in [-0.39, 0.29) is 48.1 Å². The molecular weight excluding hydrogens is 458 g/mol. The number of hydrogen-bond donors (Lipinski definition) is 1. The first kappa shape index (κ1) is 23.9. The number of ketones is 1. The fourth-order valence-electron chi connectivity index (χ4n) is 4.95.